The largest absolute Gasteiger partial charge is 0.314 e. The Bertz CT molecular complexity index is 357. The Morgan fingerprint density at radius 2 is 2.06 bits per heavy atom. The van der Waals surface area contributed by atoms with E-state index < -0.39 is 0 Å². The maximum absolute atomic E-state index is 4.44. The average Bonchev–Trinajstić information content (AvgIpc) is 2.29. The topological polar surface area (TPSA) is 33.1 Å². The van der Waals surface area contributed by atoms with Crippen molar-refractivity contribution < 1.29 is 0 Å². The van der Waals surface area contributed by atoms with E-state index in [4.69, 9.17) is 0 Å². The molecule has 1 aromatic heterocycles. The van der Waals surface area contributed by atoms with E-state index in [1.165, 1.54) is 11.3 Å². The van der Waals surface area contributed by atoms with Crippen LogP contribution in [-0.2, 0) is 13.6 Å². The molecule has 5 heteroatoms. The summed E-state index contributed by atoms with van der Waals surface area (Å²) in [7, 11) is 4.20. The second kappa shape index (κ2) is 5.17. The lowest BCUT2D eigenvalue weighted by atomic mass is 10.1. The molecule has 0 bridgehead atoms. The first-order valence-corrected chi connectivity index (χ1v) is 5.49. The van der Waals surface area contributed by atoms with Crippen LogP contribution in [0.3, 0.4) is 0 Å². The van der Waals surface area contributed by atoms with Crippen LogP contribution in [0.5, 0.6) is 0 Å². The Kier molecular flexibility index (Phi) is 4.35. The Balaban J connectivity index is 0.00000128. The van der Waals surface area contributed by atoms with Gasteiger partial charge in [0, 0.05) is 44.0 Å². The highest BCUT2D eigenvalue weighted by atomic mass is 35.5. The fourth-order valence-electron chi connectivity index (χ4n) is 2.01. The molecule has 2 heterocycles. The molecule has 0 radical (unpaired) electrons. The fraction of sp³-hybridized carbons (Fsp3) is 0.727. The van der Waals surface area contributed by atoms with Gasteiger partial charge in [-0.05, 0) is 20.9 Å². The van der Waals surface area contributed by atoms with Crippen molar-refractivity contribution in [1.82, 2.24) is 20.0 Å². The maximum atomic E-state index is 4.44. The standard InChI is InChI=1S/C11H20N4.ClH/c1-8-11(9(2)15(4)13-8)7-14(3)10-5-12-6-10;/h10,12H,5-7H2,1-4H3;1H. The van der Waals surface area contributed by atoms with Crippen molar-refractivity contribution in [3.8, 4) is 0 Å². The number of nitrogens with one attached hydrogen (secondary N) is 1. The minimum absolute atomic E-state index is 0. The van der Waals surface area contributed by atoms with Gasteiger partial charge in [0.25, 0.3) is 0 Å². The van der Waals surface area contributed by atoms with Gasteiger partial charge in [0.1, 0.15) is 0 Å². The SMILES string of the molecule is Cc1nn(C)c(C)c1CN(C)C1CNC1.Cl. The Morgan fingerprint density at radius 1 is 1.44 bits per heavy atom. The van der Waals surface area contributed by atoms with Crippen molar-refractivity contribution in [2.24, 2.45) is 7.05 Å². The summed E-state index contributed by atoms with van der Waals surface area (Å²) in [6.07, 6.45) is 0. The van der Waals surface area contributed by atoms with E-state index in [0.717, 1.165) is 25.3 Å². The van der Waals surface area contributed by atoms with Crippen LogP contribution in [0.4, 0.5) is 0 Å². The molecule has 0 spiro atoms. The van der Waals surface area contributed by atoms with E-state index in [2.05, 4.69) is 36.2 Å². The predicted molar refractivity (Wildman–Crippen MR) is 68.1 cm³/mol. The number of hydrogen-bond donors (Lipinski definition) is 1. The first kappa shape index (κ1) is 13.5. The molecular formula is C11H21ClN4. The van der Waals surface area contributed by atoms with E-state index in [0.29, 0.717) is 6.04 Å². The molecule has 1 fully saturated rings. The van der Waals surface area contributed by atoms with Crippen molar-refractivity contribution in [3.63, 3.8) is 0 Å². The highest BCUT2D eigenvalue weighted by Crippen LogP contribution is 2.16. The fourth-order valence-corrected chi connectivity index (χ4v) is 2.01. The summed E-state index contributed by atoms with van der Waals surface area (Å²) < 4.78 is 1.97. The smallest absolute Gasteiger partial charge is 0.0641 e. The first-order valence-electron chi connectivity index (χ1n) is 5.49. The molecule has 0 unspecified atom stereocenters. The lowest BCUT2D eigenvalue weighted by molar-refractivity contribution is 0.172. The van der Waals surface area contributed by atoms with Crippen LogP contribution in [0.1, 0.15) is 17.0 Å². The van der Waals surface area contributed by atoms with Crippen LogP contribution >= 0.6 is 12.4 Å². The molecule has 2 rings (SSSR count). The third-order valence-electron chi connectivity index (χ3n) is 3.45. The Morgan fingerprint density at radius 3 is 2.44 bits per heavy atom. The van der Waals surface area contributed by atoms with Gasteiger partial charge in [-0.1, -0.05) is 0 Å². The molecule has 16 heavy (non-hydrogen) atoms. The van der Waals surface area contributed by atoms with Crippen LogP contribution in [0.25, 0.3) is 0 Å². The van der Waals surface area contributed by atoms with Gasteiger partial charge in [-0.15, -0.1) is 12.4 Å². The lowest BCUT2D eigenvalue weighted by Gasteiger charge is -2.35. The minimum Gasteiger partial charge on any atom is -0.314 e. The van der Waals surface area contributed by atoms with Gasteiger partial charge >= 0.3 is 0 Å². The number of halogens is 1. The number of aromatic nitrogens is 2. The van der Waals surface area contributed by atoms with Crippen molar-refractivity contribution >= 4 is 12.4 Å². The summed E-state index contributed by atoms with van der Waals surface area (Å²) in [5.41, 5.74) is 3.83. The van der Waals surface area contributed by atoms with Crippen LogP contribution in [0.2, 0.25) is 0 Å². The highest BCUT2D eigenvalue weighted by molar-refractivity contribution is 5.85. The summed E-state index contributed by atoms with van der Waals surface area (Å²) in [5.74, 6) is 0. The first-order chi connectivity index (χ1) is 7.09. The minimum atomic E-state index is 0. The van der Waals surface area contributed by atoms with Gasteiger partial charge in [0.15, 0.2) is 0 Å². The summed E-state index contributed by atoms with van der Waals surface area (Å²) in [4.78, 5) is 2.41. The van der Waals surface area contributed by atoms with E-state index in [1.807, 2.05) is 11.7 Å². The number of likely N-dealkylation sites (N-methyl/N-ethyl adjacent to an activating group) is 1. The van der Waals surface area contributed by atoms with Crippen LogP contribution < -0.4 is 5.32 Å². The van der Waals surface area contributed by atoms with Crippen LogP contribution in [0, 0.1) is 13.8 Å². The monoisotopic (exact) mass is 244 g/mol. The van der Waals surface area contributed by atoms with E-state index >= 15 is 0 Å². The van der Waals surface area contributed by atoms with Gasteiger partial charge in [0.05, 0.1) is 5.69 Å². The molecule has 0 aromatic carbocycles. The number of hydrogen-bond acceptors (Lipinski definition) is 3. The van der Waals surface area contributed by atoms with Crippen LogP contribution in [-0.4, -0.2) is 40.9 Å². The van der Waals surface area contributed by atoms with E-state index in [1.54, 1.807) is 0 Å². The third kappa shape index (κ3) is 2.39. The lowest BCUT2D eigenvalue weighted by Crippen LogP contribution is -2.55. The third-order valence-corrected chi connectivity index (χ3v) is 3.45. The number of nitrogens with zero attached hydrogens (tertiary/aromatic N) is 3. The summed E-state index contributed by atoms with van der Waals surface area (Å²) in [6, 6.07) is 0.698. The molecule has 1 saturated heterocycles. The number of aryl methyl sites for hydroxylation is 2. The predicted octanol–water partition coefficient (Wildman–Crippen LogP) is 0.862. The van der Waals surface area contributed by atoms with Crippen molar-refractivity contribution in [1.29, 1.82) is 0 Å². The van der Waals surface area contributed by atoms with Crippen LogP contribution in [0.15, 0.2) is 0 Å². The van der Waals surface area contributed by atoms with Crippen molar-refractivity contribution in [2.45, 2.75) is 26.4 Å². The molecule has 4 nitrogen and oxygen atoms in total. The van der Waals surface area contributed by atoms with Gasteiger partial charge < -0.3 is 5.32 Å². The summed E-state index contributed by atoms with van der Waals surface area (Å²) in [6.45, 7) is 7.49. The zero-order valence-electron chi connectivity index (χ0n) is 10.4. The maximum Gasteiger partial charge on any atom is 0.0641 e. The molecule has 0 amide bonds. The molecule has 92 valence electrons. The molecule has 1 aliphatic heterocycles. The summed E-state index contributed by atoms with van der Waals surface area (Å²) >= 11 is 0. The van der Waals surface area contributed by atoms with Gasteiger partial charge in [0.2, 0.25) is 0 Å². The zero-order chi connectivity index (χ0) is 11.0. The normalized spacial score (nSPS) is 16.1. The average molecular weight is 245 g/mol. The van der Waals surface area contributed by atoms with Crippen molar-refractivity contribution in [2.75, 3.05) is 20.1 Å². The molecule has 0 atom stereocenters. The van der Waals surface area contributed by atoms with Crippen molar-refractivity contribution in [3.05, 3.63) is 17.0 Å². The van der Waals surface area contributed by atoms with Gasteiger partial charge in [-0.25, -0.2) is 0 Å². The van der Waals surface area contributed by atoms with E-state index in [-0.39, 0.29) is 12.4 Å². The zero-order valence-corrected chi connectivity index (χ0v) is 11.3. The Hall–Kier alpha value is -0.580. The summed E-state index contributed by atoms with van der Waals surface area (Å²) in [5, 5.41) is 7.74. The van der Waals surface area contributed by atoms with Gasteiger partial charge in [-0.2, -0.15) is 5.10 Å². The quantitative estimate of drug-likeness (QED) is 0.857. The molecule has 1 aromatic rings. The second-order valence-corrected chi connectivity index (χ2v) is 4.50. The molecular weight excluding hydrogens is 224 g/mol. The molecule has 1 aliphatic rings. The van der Waals surface area contributed by atoms with E-state index in [9.17, 15) is 0 Å². The highest BCUT2D eigenvalue weighted by Gasteiger charge is 2.23. The van der Waals surface area contributed by atoms with Gasteiger partial charge in [-0.3, -0.25) is 9.58 Å². The number of rotatable bonds is 3. The molecule has 0 saturated carbocycles. The Labute approximate surface area is 103 Å². The second-order valence-electron chi connectivity index (χ2n) is 4.50. The molecule has 0 aliphatic carbocycles. The molecule has 1 N–H and O–H groups in total.